The van der Waals surface area contributed by atoms with Crippen molar-refractivity contribution in [2.24, 2.45) is 0 Å². The van der Waals surface area contributed by atoms with Crippen molar-refractivity contribution in [1.29, 1.82) is 0 Å². The third kappa shape index (κ3) is 4.37. The van der Waals surface area contributed by atoms with Crippen molar-refractivity contribution in [2.45, 2.75) is 32.7 Å². The summed E-state index contributed by atoms with van der Waals surface area (Å²) >= 11 is 5.44. The third-order valence-corrected chi connectivity index (χ3v) is 4.57. The molecule has 2 N–H and O–H groups in total. The summed E-state index contributed by atoms with van der Waals surface area (Å²) in [5.74, 6) is 0. The molecule has 3 aromatic rings. The Morgan fingerprint density at radius 2 is 1.56 bits per heavy atom. The summed E-state index contributed by atoms with van der Waals surface area (Å²) < 4.78 is 0. The Kier molecular flexibility index (Phi) is 5.05. The van der Waals surface area contributed by atoms with E-state index in [1.807, 2.05) is 0 Å². The van der Waals surface area contributed by atoms with E-state index in [0.717, 1.165) is 5.69 Å². The van der Waals surface area contributed by atoms with Gasteiger partial charge in [-0.05, 0) is 51.7 Å². The first-order chi connectivity index (χ1) is 11.9. The van der Waals surface area contributed by atoms with E-state index >= 15 is 0 Å². The van der Waals surface area contributed by atoms with Crippen LogP contribution in [0.25, 0.3) is 10.8 Å². The summed E-state index contributed by atoms with van der Waals surface area (Å²) in [6.07, 6.45) is 0. The predicted octanol–water partition coefficient (Wildman–Crippen LogP) is 5.62. The summed E-state index contributed by atoms with van der Waals surface area (Å²) in [6, 6.07) is 23.2. The molecule has 0 radical (unpaired) electrons. The largest absolute Gasteiger partial charge is 0.358 e. The van der Waals surface area contributed by atoms with Crippen LogP contribution in [0, 0.1) is 0 Å². The number of anilines is 1. The molecular formula is C22H24N2S. The van der Waals surface area contributed by atoms with Gasteiger partial charge in [-0.25, -0.2) is 0 Å². The Balaban J connectivity index is 1.63. The lowest BCUT2D eigenvalue weighted by molar-refractivity contribution is 0.590. The van der Waals surface area contributed by atoms with Crippen LogP contribution in [-0.4, -0.2) is 5.11 Å². The zero-order chi connectivity index (χ0) is 17.9. The maximum Gasteiger partial charge on any atom is 0.171 e. The molecule has 128 valence electrons. The number of nitrogens with one attached hydrogen (secondary N) is 2. The van der Waals surface area contributed by atoms with Crippen LogP contribution in [-0.2, 0) is 12.0 Å². The Bertz CT molecular complexity index is 871. The molecule has 0 unspecified atom stereocenters. The molecule has 0 spiro atoms. The molecule has 0 amide bonds. The predicted molar refractivity (Wildman–Crippen MR) is 112 cm³/mol. The monoisotopic (exact) mass is 348 g/mol. The molecule has 3 heteroatoms. The summed E-state index contributed by atoms with van der Waals surface area (Å²) in [7, 11) is 0. The number of thiocarbonyl (C=S) groups is 1. The molecule has 0 aliphatic heterocycles. The highest BCUT2D eigenvalue weighted by Crippen LogP contribution is 2.23. The summed E-state index contributed by atoms with van der Waals surface area (Å²) in [4.78, 5) is 0. The minimum atomic E-state index is 0.158. The first-order valence-electron chi connectivity index (χ1n) is 8.55. The van der Waals surface area contributed by atoms with Crippen molar-refractivity contribution >= 4 is 33.8 Å². The van der Waals surface area contributed by atoms with E-state index < -0.39 is 0 Å². The van der Waals surface area contributed by atoms with Gasteiger partial charge in [-0.1, -0.05) is 75.4 Å². The van der Waals surface area contributed by atoms with Gasteiger partial charge in [0.2, 0.25) is 0 Å². The first kappa shape index (κ1) is 17.4. The van der Waals surface area contributed by atoms with Crippen LogP contribution in [0.3, 0.4) is 0 Å². The van der Waals surface area contributed by atoms with E-state index in [-0.39, 0.29) is 5.41 Å². The van der Waals surface area contributed by atoms with Gasteiger partial charge in [-0.3, -0.25) is 0 Å². The quantitative estimate of drug-likeness (QED) is 0.600. The number of rotatable bonds is 3. The molecule has 0 bridgehead atoms. The van der Waals surface area contributed by atoms with Gasteiger partial charge in [0.25, 0.3) is 0 Å². The third-order valence-electron chi connectivity index (χ3n) is 4.33. The van der Waals surface area contributed by atoms with Gasteiger partial charge in [-0.2, -0.15) is 0 Å². The lowest BCUT2D eigenvalue weighted by Crippen LogP contribution is -2.28. The Hall–Kier alpha value is -2.39. The Morgan fingerprint density at radius 3 is 2.28 bits per heavy atom. The van der Waals surface area contributed by atoms with Crippen LogP contribution in [0.15, 0.2) is 66.7 Å². The van der Waals surface area contributed by atoms with Crippen LogP contribution in [0.4, 0.5) is 5.69 Å². The van der Waals surface area contributed by atoms with Crippen LogP contribution >= 0.6 is 12.2 Å². The topological polar surface area (TPSA) is 24.1 Å². The van der Waals surface area contributed by atoms with Crippen LogP contribution in [0.5, 0.6) is 0 Å². The van der Waals surface area contributed by atoms with Crippen LogP contribution in [0.2, 0.25) is 0 Å². The molecule has 0 heterocycles. The summed E-state index contributed by atoms with van der Waals surface area (Å²) in [6.45, 7) is 7.34. The Morgan fingerprint density at radius 1 is 0.880 bits per heavy atom. The molecular weight excluding hydrogens is 324 g/mol. The first-order valence-corrected chi connectivity index (χ1v) is 8.96. The highest BCUT2D eigenvalue weighted by Gasteiger charge is 2.12. The lowest BCUT2D eigenvalue weighted by atomic mass is 9.87. The van der Waals surface area contributed by atoms with Gasteiger partial charge in [0, 0.05) is 12.2 Å². The zero-order valence-corrected chi connectivity index (χ0v) is 15.8. The highest BCUT2D eigenvalue weighted by molar-refractivity contribution is 7.80. The average Bonchev–Trinajstić information content (AvgIpc) is 2.59. The van der Waals surface area contributed by atoms with Crippen molar-refractivity contribution in [3.63, 3.8) is 0 Å². The number of fused-ring (bicyclic) bond motifs is 1. The molecule has 0 saturated carbocycles. The van der Waals surface area contributed by atoms with Crippen molar-refractivity contribution in [2.75, 3.05) is 5.32 Å². The highest BCUT2D eigenvalue weighted by atomic mass is 32.1. The van der Waals surface area contributed by atoms with E-state index in [0.29, 0.717) is 11.7 Å². The smallest absolute Gasteiger partial charge is 0.171 e. The second-order valence-corrected chi connectivity index (χ2v) is 7.68. The van der Waals surface area contributed by atoms with E-state index in [9.17, 15) is 0 Å². The van der Waals surface area contributed by atoms with Gasteiger partial charge in [0.15, 0.2) is 5.11 Å². The lowest BCUT2D eigenvalue weighted by Gasteiger charge is -2.19. The summed E-state index contributed by atoms with van der Waals surface area (Å²) in [5, 5.41) is 9.71. The van der Waals surface area contributed by atoms with E-state index in [2.05, 4.69) is 98.1 Å². The van der Waals surface area contributed by atoms with E-state index in [1.54, 1.807) is 0 Å². The molecule has 2 nitrogen and oxygen atoms in total. The molecule has 0 saturated heterocycles. The van der Waals surface area contributed by atoms with Gasteiger partial charge < -0.3 is 10.6 Å². The number of hydrogen-bond acceptors (Lipinski definition) is 1. The summed E-state index contributed by atoms with van der Waals surface area (Å²) in [5.41, 5.74) is 3.72. The SMILES string of the molecule is CC(C)(C)c1ccc(NC(=S)NCc2cccc3ccccc23)cc1. The standard InChI is InChI=1S/C22H24N2S/c1-22(2,3)18-11-13-19(14-12-18)24-21(25)23-15-17-9-6-8-16-7-4-5-10-20(16)17/h4-14H,15H2,1-3H3,(H2,23,24,25). The van der Waals surface area contributed by atoms with Crippen LogP contribution in [0.1, 0.15) is 31.9 Å². The van der Waals surface area contributed by atoms with Crippen LogP contribution < -0.4 is 10.6 Å². The van der Waals surface area contributed by atoms with Crippen molar-refractivity contribution in [3.8, 4) is 0 Å². The molecule has 0 fully saturated rings. The second kappa shape index (κ2) is 7.24. The normalized spacial score (nSPS) is 11.3. The van der Waals surface area contributed by atoms with Gasteiger partial charge in [-0.15, -0.1) is 0 Å². The zero-order valence-electron chi connectivity index (χ0n) is 15.0. The van der Waals surface area contributed by atoms with Crippen molar-refractivity contribution in [3.05, 3.63) is 77.9 Å². The van der Waals surface area contributed by atoms with Gasteiger partial charge >= 0.3 is 0 Å². The molecule has 25 heavy (non-hydrogen) atoms. The molecule has 0 atom stereocenters. The average molecular weight is 349 g/mol. The van der Waals surface area contributed by atoms with Crippen molar-refractivity contribution < 1.29 is 0 Å². The maximum absolute atomic E-state index is 5.44. The molecule has 0 aliphatic carbocycles. The fraction of sp³-hybridized carbons (Fsp3) is 0.227. The van der Waals surface area contributed by atoms with E-state index in [1.165, 1.54) is 21.9 Å². The van der Waals surface area contributed by atoms with Gasteiger partial charge in [0.05, 0.1) is 0 Å². The Labute approximate surface area is 155 Å². The second-order valence-electron chi connectivity index (χ2n) is 7.27. The fourth-order valence-electron chi connectivity index (χ4n) is 2.85. The molecule has 3 rings (SSSR count). The van der Waals surface area contributed by atoms with Crippen molar-refractivity contribution in [1.82, 2.24) is 5.32 Å². The molecule has 0 aliphatic rings. The minimum Gasteiger partial charge on any atom is -0.358 e. The maximum atomic E-state index is 5.44. The molecule has 0 aromatic heterocycles. The van der Waals surface area contributed by atoms with E-state index in [4.69, 9.17) is 12.2 Å². The van der Waals surface area contributed by atoms with Gasteiger partial charge in [0.1, 0.15) is 0 Å². The number of benzene rings is 3. The number of hydrogen-bond donors (Lipinski definition) is 2. The molecule has 3 aromatic carbocycles. The fourth-order valence-corrected chi connectivity index (χ4v) is 3.04. The minimum absolute atomic E-state index is 0.158.